The van der Waals surface area contributed by atoms with E-state index in [0.29, 0.717) is 12.6 Å². The Morgan fingerprint density at radius 3 is 2.62 bits per heavy atom. The van der Waals surface area contributed by atoms with E-state index in [-0.39, 0.29) is 25.0 Å². The normalized spacial score (nSPS) is 22.7. The highest BCUT2D eigenvalue weighted by Gasteiger charge is 2.37. The summed E-state index contributed by atoms with van der Waals surface area (Å²) in [5.74, 6) is -0.109. The van der Waals surface area contributed by atoms with Gasteiger partial charge in [0.2, 0.25) is 11.8 Å². The number of amides is 2. The molecule has 0 unspecified atom stereocenters. The number of rotatable bonds is 4. The number of carbonyl (C=O) groups excluding carboxylic acids is 2. The first kappa shape index (κ1) is 16.9. The van der Waals surface area contributed by atoms with Crippen LogP contribution in [0.1, 0.15) is 18.4 Å². The van der Waals surface area contributed by atoms with Gasteiger partial charge in [0.15, 0.2) is 0 Å². The SMILES string of the molecule is CNC1CCN(C(=O)[C@H]2COCC(=O)N2Cc2ccccc2)CC1. The number of morpholine rings is 1. The maximum atomic E-state index is 12.9. The average molecular weight is 331 g/mol. The Labute approximate surface area is 142 Å². The van der Waals surface area contributed by atoms with Crippen LogP contribution in [0.4, 0.5) is 0 Å². The van der Waals surface area contributed by atoms with Gasteiger partial charge in [-0.05, 0) is 25.5 Å². The maximum absolute atomic E-state index is 12.9. The summed E-state index contributed by atoms with van der Waals surface area (Å²) in [6.45, 7) is 2.25. The molecule has 130 valence electrons. The lowest BCUT2D eigenvalue weighted by atomic mass is 10.0. The van der Waals surface area contributed by atoms with E-state index < -0.39 is 6.04 Å². The molecule has 2 saturated heterocycles. The minimum atomic E-state index is -0.516. The predicted molar refractivity (Wildman–Crippen MR) is 90.3 cm³/mol. The van der Waals surface area contributed by atoms with E-state index in [2.05, 4.69) is 5.32 Å². The molecule has 0 saturated carbocycles. The van der Waals surface area contributed by atoms with E-state index in [1.807, 2.05) is 42.3 Å². The summed E-state index contributed by atoms with van der Waals surface area (Å²) in [4.78, 5) is 28.8. The summed E-state index contributed by atoms with van der Waals surface area (Å²) in [6, 6.07) is 9.74. The zero-order chi connectivity index (χ0) is 16.9. The highest BCUT2D eigenvalue weighted by molar-refractivity contribution is 5.89. The number of nitrogens with one attached hydrogen (secondary N) is 1. The van der Waals surface area contributed by atoms with Crippen LogP contribution >= 0.6 is 0 Å². The molecule has 2 aliphatic heterocycles. The van der Waals surface area contributed by atoms with Crippen LogP contribution in [0.15, 0.2) is 30.3 Å². The van der Waals surface area contributed by atoms with Crippen LogP contribution in [0.3, 0.4) is 0 Å². The molecular weight excluding hydrogens is 306 g/mol. The first-order chi connectivity index (χ1) is 11.7. The quantitative estimate of drug-likeness (QED) is 0.879. The molecule has 6 nitrogen and oxygen atoms in total. The lowest BCUT2D eigenvalue weighted by molar-refractivity contribution is -0.160. The second-order valence-corrected chi connectivity index (χ2v) is 6.43. The van der Waals surface area contributed by atoms with Crippen molar-refractivity contribution < 1.29 is 14.3 Å². The summed E-state index contributed by atoms with van der Waals surface area (Å²) in [7, 11) is 1.96. The van der Waals surface area contributed by atoms with Crippen molar-refractivity contribution in [2.75, 3.05) is 33.4 Å². The van der Waals surface area contributed by atoms with E-state index in [0.717, 1.165) is 31.5 Å². The van der Waals surface area contributed by atoms with Crippen molar-refractivity contribution in [2.24, 2.45) is 0 Å². The van der Waals surface area contributed by atoms with Crippen molar-refractivity contribution in [3.63, 3.8) is 0 Å². The Morgan fingerprint density at radius 1 is 1.25 bits per heavy atom. The fourth-order valence-corrected chi connectivity index (χ4v) is 3.39. The Kier molecular flexibility index (Phi) is 5.48. The number of likely N-dealkylation sites (tertiary alicyclic amines) is 1. The fraction of sp³-hybridized carbons (Fsp3) is 0.556. The second kappa shape index (κ2) is 7.77. The highest BCUT2D eigenvalue weighted by atomic mass is 16.5. The van der Waals surface area contributed by atoms with Crippen LogP contribution in [-0.2, 0) is 20.9 Å². The molecule has 2 amide bonds. The minimum absolute atomic E-state index is 0.00790. The number of ether oxygens (including phenoxy) is 1. The van der Waals surface area contributed by atoms with Gasteiger partial charge in [0.1, 0.15) is 12.6 Å². The predicted octanol–water partition coefficient (Wildman–Crippen LogP) is 0.624. The van der Waals surface area contributed by atoms with Crippen molar-refractivity contribution in [1.82, 2.24) is 15.1 Å². The molecule has 1 aromatic carbocycles. The van der Waals surface area contributed by atoms with Gasteiger partial charge in [0.25, 0.3) is 0 Å². The molecule has 2 aliphatic rings. The van der Waals surface area contributed by atoms with Crippen molar-refractivity contribution in [2.45, 2.75) is 31.5 Å². The lowest BCUT2D eigenvalue weighted by Crippen LogP contribution is -2.58. The average Bonchev–Trinajstić information content (AvgIpc) is 2.64. The number of nitrogens with zero attached hydrogens (tertiary/aromatic N) is 2. The van der Waals surface area contributed by atoms with Crippen LogP contribution in [0, 0.1) is 0 Å². The molecule has 0 aliphatic carbocycles. The van der Waals surface area contributed by atoms with Gasteiger partial charge in [0, 0.05) is 25.7 Å². The van der Waals surface area contributed by atoms with E-state index in [9.17, 15) is 9.59 Å². The van der Waals surface area contributed by atoms with Gasteiger partial charge >= 0.3 is 0 Å². The molecule has 3 rings (SSSR count). The third-order valence-electron chi connectivity index (χ3n) is 4.89. The van der Waals surface area contributed by atoms with E-state index >= 15 is 0 Å². The first-order valence-corrected chi connectivity index (χ1v) is 8.56. The van der Waals surface area contributed by atoms with Gasteiger partial charge in [-0.1, -0.05) is 30.3 Å². The number of piperidine rings is 1. The maximum Gasteiger partial charge on any atom is 0.249 e. The summed E-state index contributed by atoms with van der Waals surface area (Å²) in [5.41, 5.74) is 1.03. The molecule has 6 heteroatoms. The number of carbonyl (C=O) groups is 2. The molecular formula is C18H25N3O3. The van der Waals surface area contributed by atoms with Crippen LogP contribution < -0.4 is 5.32 Å². The van der Waals surface area contributed by atoms with Crippen LogP contribution in [-0.4, -0.2) is 67.0 Å². The first-order valence-electron chi connectivity index (χ1n) is 8.56. The summed E-state index contributed by atoms with van der Waals surface area (Å²) >= 11 is 0. The van der Waals surface area contributed by atoms with Gasteiger partial charge in [-0.15, -0.1) is 0 Å². The van der Waals surface area contributed by atoms with Gasteiger partial charge < -0.3 is 19.9 Å². The summed E-state index contributed by atoms with van der Waals surface area (Å²) < 4.78 is 5.37. The molecule has 1 atom stereocenters. The largest absolute Gasteiger partial charge is 0.369 e. The Balaban J connectivity index is 1.69. The summed E-state index contributed by atoms with van der Waals surface area (Å²) in [6.07, 6.45) is 1.89. The molecule has 0 radical (unpaired) electrons. The second-order valence-electron chi connectivity index (χ2n) is 6.43. The molecule has 0 aromatic heterocycles. The molecule has 1 aromatic rings. The van der Waals surface area contributed by atoms with Gasteiger partial charge in [-0.3, -0.25) is 9.59 Å². The van der Waals surface area contributed by atoms with Gasteiger partial charge in [-0.2, -0.15) is 0 Å². The number of benzene rings is 1. The van der Waals surface area contributed by atoms with Gasteiger partial charge in [0.05, 0.1) is 6.61 Å². The standard InChI is InChI=1S/C18H25N3O3/c1-19-15-7-9-20(10-8-15)18(23)16-12-24-13-17(22)21(16)11-14-5-3-2-4-6-14/h2-6,15-16,19H,7-13H2,1H3/t16-/m1/s1. The summed E-state index contributed by atoms with van der Waals surface area (Å²) in [5, 5.41) is 3.26. The van der Waals surface area contributed by atoms with Crippen LogP contribution in [0.25, 0.3) is 0 Å². The smallest absolute Gasteiger partial charge is 0.249 e. The van der Waals surface area contributed by atoms with Crippen LogP contribution in [0.5, 0.6) is 0 Å². The molecule has 24 heavy (non-hydrogen) atoms. The fourth-order valence-electron chi connectivity index (χ4n) is 3.39. The number of hydrogen-bond acceptors (Lipinski definition) is 4. The van der Waals surface area contributed by atoms with Crippen molar-refractivity contribution >= 4 is 11.8 Å². The van der Waals surface area contributed by atoms with Crippen molar-refractivity contribution in [3.8, 4) is 0 Å². The zero-order valence-corrected chi connectivity index (χ0v) is 14.1. The molecule has 1 N–H and O–H groups in total. The molecule has 2 heterocycles. The van der Waals surface area contributed by atoms with E-state index in [1.54, 1.807) is 4.90 Å². The minimum Gasteiger partial charge on any atom is -0.369 e. The molecule has 0 spiro atoms. The Bertz CT molecular complexity index is 570. The van der Waals surface area contributed by atoms with E-state index in [1.165, 1.54) is 0 Å². The van der Waals surface area contributed by atoms with E-state index in [4.69, 9.17) is 4.74 Å². The number of hydrogen-bond donors (Lipinski definition) is 1. The third-order valence-corrected chi connectivity index (χ3v) is 4.89. The van der Waals surface area contributed by atoms with Crippen molar-refractivity contribution in [1.29, 1.82) is 0 Å². The Hall–Kier alpha value is -1.92. The molecule has 0 bridgehead atoms. The van der Waals surface area contributed by atoms with Crippen LogP contribution in [0.2, 0.25) is 0 Å². The Morgan fingerprint density at radius 2 is 1.96 bits per heavy atom. The monoisotopic (exact) mass is 331 g/mol. The topological polar surface area (TPSA) is 61.9 Å². The lowest BCUT2D eigenvalue weighted by Gasteiger charge is -2.39. The highest BCUT2D eigenvalue weighted by Crippen LogP contribution is 2.18. The zero-order valence-electron chi connectivity index (χ0n) is 14.1. The third kappa shape index (κ3) is 3.76. The van der Waals surface area contributed by atoms with Crippen molar-refractivity contribution in [3.05, 3.63) is 35.9 Å². The molecule has 2 fully saturated rings. The van der Waals surface area contributed by atoms with Gasteiger partial charge in [-0.25, -0.2) is 0 Å².